The summed E-state index contributed by atoms with van der Waals surface area (Å²) in [6.07, 6.45) is 3.90. The topological polar surface area (TPSA) is 44.5 Å². The number of nitrogens with two attached hydrogens (primary N) is 1. The van der Waals surface area contributed by atoms with E-state index in [1.54, 1.807) is 0 Å². The van der Waals surface area contributed by atoms with Crippen LogP contribution in [0.15, 0.2) is 18.2 Å². The number of nitrogen functional groups attached to an aromatic ring is 1. The lowest BCUT2D eigenvalue weighted by Crippen LogP contribution is -2.32. The summed E-state index contributed by atoms with van der Waals surface area (Å²) in [5.74, 6) is 1.61. The predicted octanol–water partition coefficient (Wildman–Crippen LogP) is 4.40. The minimum atomic E-state index is 0.333. The Labute approximate surface area is 128 Å². The van der Waals surface area contributed by atoms with Crippen LogP contribution in [0.5, 0.6) is 5.75 Å². The molecule has 1 aromatic carbocycles. The highest BCUT2D eigenvalue weighted by molar-refractivity contribution is 5.47. The monoisotopic (exact) mass is 291 g/mol. The second kappa shape index (κ2) is 6.69. The van der Waals surface area contributed by atoms with Gasteiger partial charge >= 0.3 is 0 Å². The van der Waals surface area contributed by atoms with Crippen LogP contribution < -0.4 is 10.5 Å². The Bertz CT molecular complexity index is 470. The molecule has 3 heteroatoms. The third kappa shape index (κ3) is 4.63. The van der Waals surface area contributed by atoms with Crippen molar-refractivity contribution in [1.82, 2.24) is 0 Å². The zero-order valence-corrected chi connectivity index (χ0v) is 13.8. The molecule has 0 spiro atoms. The molecule has 0 radical (unpaired) electrons. The summed E-state index contributed by atoms with van der Waals surface area (Å²) in [6, 6.07) is 5.77. The molecular formula is C18H29NO2. The van der Waals surface area contributed by atoms with E-state index in [-0.39, 0.29) is 0 Å². The van der Waals surface area contributed by atoms with E-state index in [1.807, 2.05) is 25.1 Å². The van der Waals surface area contributed by atoms with Crippen molar-refractivity contribution in [3.8, 4) is 5.75 Å². The van der Waals surface area contributed by atoms with Crippen molar-refractivity contribution < 1.29 is 9.47 Å². The molecule has 1 fully saturated rings. The van der Waals surface area contributed by atoms with Gasteiger partial charge in [0.1, 0.15) is 5.75 Å². The van der Waals surface area contributed by atoms with Gasteiger partial charge in [-0.2, -0.15) is 0 Å². The van der Waals surface area contributed by atoms with E-state index in [2.05, 4.69) is 20.8 Å². The lowest BCUT2D eigenvalue weighted by atomic mass is 9.71. The molecule has 1 aliphatic carbocycles. The third-order valence-electron chi connectivity index (χ3n) is 4.21. The number of hydrogen-bond donors (Lipinski definition) is 1. The Morgan fingerprint density at radius 3 is 2.71 bits per heavy atom. The highest BCUT2D eigenvalue weighted by Crippen LogP contribution is 2.40. The highest BCUT2D eigenvalue weighted by atomic mass is 16.5. The Hall–Kier alpha value is -1.22. The summed E-state index contributed by atoms with van der Waals surface area (Å²) in [4.78, 5) is 0. The maximum atomic E-state index is 6.18. The second-order valence-corrected chi connectivity index (χ2v) is 7.15. The van der Waals surface area contributed by atoms with Crippen LogP contribution in [-0.4, -0.2) is 12.7 Å². The van der Waals surface area contributed by atoms with Crippen molar-refractivity contribution >= 4 is 5.69 Å². The van der Waals surface area contributed by atoms with Crippen LogP contribution in [0.1, 0.15) is 52.5 Å². The standard InChI is InChI=1S/C18H29NO2/c1-5-20-17-7-6-15(19)9-14(17)12-21-16-8-13(2)10-18(3,4)11-16/h6-7,9,13,16H,5,8,10-12,19H2,1-4H3. The van der Waals surface area contributed by atoms with Crippen LogP contribution in [0.3, 0.4) is 0 Å². The quantitative estimate of drug-likeness (QED) is 0.818. The first kappa shape index (κ1) is 16.2. The fourth-order valence-corrected chi connectivity index (χ4v) is 3.60. The molecule has 2 rings (SSSR count). The van der Waals surface area contributed by atoms with E-state index in [0.717, 1.165) is 35.8 Å². The van der Waals surface area contributed by atoms with Crippen LogP contribution in [0.2, 0.25) is 0 Å². The van der Waals surface area contributed by atoms with E-state index in [9.17, 15) is 0 Å². The van der Waals surface area contributed by atoms with Gasteiger partial charge in [0.2, 0.25) is 0 Å². The number of benzene rings is 1. The van der Waals surface area contributed by atoms with Crippen molar-refractivity contribution in [2.75, 3.05) is 12.3 Å². The first-order chi connectivity index (χ1) is 9.89. The molecule has 118 valence electrons. The molecule has 0 aliphatic heterocycles. The fourth-order valence-electron chi connectivity index (χ4n) is 3.60. The minimum Gasteiger partial charge on any atom is -0.494 e. The van der Waals surface area contributed by atoms with Crippen LogP contribution in [-0.2, 0) is 11.3 Å². The molecule has 21 heavy (non-hydrogen) atoms. The number of ether oxygens (including phenoxy) is 2. The molecule has 0 saturated heterocycles. The number of hydrogen-bond acceptors (Lipinski definition) is 3. The molecule has 2 unspecified atom stereocenters. The maximum Gasteiger partial charge on any atom is 0.124 e. The molecule has 0 heterocycles. The molecule has 0 aromatic heterocycles. The van der Waals surface area contributed by atoms with Crippen LogP contribution in [0.25, 0.3) is 0 Å². The Morgan fingerprint density at radius 2 is 2.05 bits per heavy atom. The largest absolute Gasteiger partial charge is 0.494 e. The molecule has 2 N–H and O–H groups in total. The van der Waals surface area contributed by atoms with Gasteiger partial charge in [-0.25, -0.2) is 0 Å². The minimum absolute atomic E-state index is 0.333. The average molecular weight is 291 g/mol. The molecule has 2 atom stereocenters. The molecule has 0 bridgehead atoms. The van der Waals surface area contributed by atoms with Gasteiger partial charge in [0.15, 0.2) is 0 Å². The van der Waals surface area contributed by atoms with E-state index >= 15 is 0 Å². The van der Waals surface area contributed by atoms with E-state index in [4.69, 9.17) is 15.2 Å². The van der Waals surface area contributed by atoms with Crippen molar-refractivity contribution in [2.45, 2.75) is 59.7 Å². The second-order valence-electron chi connectivity index (χ2n) is 7.15. The van der Waals surface area contributed by atoms with E-state index in [1.165, 1.54) is 6.42 Å². The molecule has 1 saturated carbocycles. The van der Waals surface area contributed by atoms with Gasteiger partial charge < -0.3 is 15.2 Å². The summed E-state index contributed by atoms with van der Waals surface area (Å²) < 4.78 is 11.8. The van der Waals surface area contributed by atoms with Gasteiger partial charge in [-0.1, -0.05) is 20.8 Å². The summed E-state index contributed by atoms with van der Waals surface area (Å²) in [5, 5.41) is 0. The zero-order chi connectivity index (χ0) is 15.5. The first-order valence-electron chi connectivity index (χ1n) is 8.02. The first-order valence-corrected chi connectivity index (χ1v) is 8.02. The predicted molar refractivity (Wildman–Crippen MR) is 87.4 cm³/mol. The molecule has 1 aliphatic rings. The number of anilines is 1. The summed E-state index contributed by atoms with van der Waals surface area (Å²) in [5.41, 5.74) is 8.07. The smallest absolute Gasteiger partial charge is 0.124 e. The lowest BCUT2D eigenvalue weighted by molar-refractivity contribution is -0.0321. The van der Waals surface area contributed by atoms with E-state index < -0.39 is 0 Å². The molecular weight excluding hydrogens is 262 g/mol. The molecule has 1 aromatic rings. The van der Waals surface area contributed by atoms with Crippen molar-refractivity contribution in [3.05, 3.63) is 23.8 Å². The van der Waals surface area contributed by atoms with Gasteiger partial charge in [-0.15, -0.1) is 0 Å². The zero-order valence-electron chi connectivity index (χ0n) is 13.8. The van der Waals surface area contributed by atoms with Gasteiger partial charge in [-0.3, -0.25) is 0 Å². The van der Waals surface area contributed by atoms with Crippen LogP contribution in [0.4, 0.5) is 5.69 Å². The summed E-state index contributed by atoms with van der Waals surface area (Å²) in [6.45, 7) is 10.2. The Balaban J connectivity index is 2.00. The SMILES string of the molecule is CCOc1ccc(N)cc1COC1CC(C)CC(C)(C)C1. The maximum absolute atomic E-state index is 6.18. The van der Waals surface area contributed by atoms with Gasteiger partial charge in [-0.05, 0) is 55.7 Å². The summed E-state index contributed by atoms with van der Waals surface area (Å²) in [7, 11) is 0. The van der Waals surface area contributed by atoms with Gasteiger partial charge in [0.25, 0.3) is 0 Å². The Kier molecular flexibility index (Phi) is 5.15. The summed E-state index contributed by atoms with van der Waals surface area (Å²) >= 11 is 0. The third-order valence-corrected chi connectivity index (χ3v) is 4.21. The Morgan fingerprint density at radius 1 is 1.29 bits per heavy atom. The molecule has 0 amide bonds. The normalized spacial score (nSPS) is 24.8. The van der Waals surface area contributed by atoms with Crippen molar-refractivity contribution in [2.24, 2.45) is 11.3 Å². The van der Waals surface area contributed by atoms with Crippen molar-refractivity contribution in [3.63, 3.8) is 0 Å². The van der Waals surface area contributed by atoms with Crippen molar-refractivity contribution in [1.29, 1.82) is 0 Å². The van der Waals surface area contributed by atoms with Gasteiger partial charge in [0.05, 0.1) is 19.3 Å². The molecule has 3 nitrogen and oxygen atoms in total. The fraction of sp³-hybridized carbons (Fsp3) is 0.667. The number of rotatable bonds is 5. The average Bonchev–Trinajstić information content (AvgIpc) is 2.37. The van der Waals surface area contributed by atoms with Crippen LogP contribution in [0, 0.1) is 11.3 Å². The van der Waals surface area contributed by atoms with Crippen LogP contribution >= 0.6 is 0 Å². The highest BCUT2D eigenvalue weighted by Gasteiger charge is 2.32. The lowest BCUT2D eigenvalue weighted by Gasteiger charge is -2.38. The van der Waals surface area contributed by atoms with E-state index in [0.29, 0.717) is 24.7 Å². The van der Waals surface area contributed by atoms with Gasteiger partial charge in [0, 0.05) is 11.3 Å².